The molecule has 1 aliphatic rings. The predicted molar refractivity (Wildman–Crippen MR) is 97.4 cm³/mol. The summed E-state index contributed by atoms with van der Waals surface area (Å²) in [6.45, 7) is 4.70. The maximum absolute atomic E-state index is 12.4. The van der Waals surface area contributed by atoms with Crippen molar-refractivity contribution in [3.05, 3.63) is 35.0 Å². The Morgan fingerprint density at radius 2 is 2.16 bits per heavy atom. The largest absolute Gasteiger partial charge is 0.495 e. The van der Waals surface area contributed by atoms with Crippen LogP contribution in [0.2, 0.25) is 5.02 Å². The van der Waals surface area contributed by atoms with Gasteiger partial charge in [-0.1, -0.05) is 11.6 Å². The summed E-state index contributed by atoms with van der Waals surface area (Å²) in [5.74, 6) is -0.0158. The number of nitrogens with one attached hydrogen (secondary N) is 1. The molecule has 0 saturated carbocycles. The number of piperazine rings is 1. The molecule has 1 aromatic rings. The molecule has 0 unspecified atom stereocenters. The number of hydrogen-bond donors (Lipinski definition) is 2. The van der Waals surface area contributed by atoms with Crippen LogP contribution in [-0.4, -0.2) is 62.1 Å². The average Bonchev–Trinajstić information content (AvgIpc) is 2.61. The van der Waals surface area contributed by atoms with Gasteiger partial charge >= 0.3 is 0 Å². The summed E-state index contributed by atoms with van der Waals surface area (Å²) in [7, 11) is 1.50. The fourth-order valence-corrected chi connectivity index (χ4v) is 2.76. The lowest BCUT2D eigenvalue weighted by Crippen LogP contribution is -2.45. The first-order chi connectivity index (χ1) is 12.1. The van der Waals surface area contributed by atoms with Gasteiger partial charge in [0, 0.05) is 50.5 Å². The van der Waals surface area contributed by atoms with E-state index in [1.807, 2.05) is 11.0 Å². The molecule has 1 amide bonds. The quantitative estimate of drug-likeness (QED) is 0.584. The zero-order chi connectivity index (χ0) is 18.2. The number of benzene rings is 1. The van der Waals surface area contributed by atoms with E-state index in [-0.39, 0.29) is 5.57 Å². The smallest absolute Gasteiger partial charge is 0.267 e. The number of ether oxygens (including phenoxy) is 1. The van der Waals surface area contributed by atoms with Crippen molar-refractivity contribution >= 4 is 23.2 Å². The predicted octanol–water partition coefficient (Wildman–Crippen LogP) is 1.27. The van der Waals surface area contributed by atoms with Gasteiger partial charge in [0.1, 0.15) is 17.4 Å². The summed E-state index contributed by atoms with van der Waals surface area (Å²) in [6, 6.07) is 6.86. The van der Waals surface area contributed by atoms with Gasteiger partial charge in [-0.2, -0.15) is 5.26 Å². The average molecular weight is 364 g/mol. The van der Waals surface area contributed by atoms with Crippen molar-refractivity contribution in [3.8, 4) is 11.8 Å². The molecule has 1 saturated heterocycles. The van der Waals surface area contributed by atoms with Crippen molar-refractivity contribution in [2.75, 3.05) is 51.7 Å². The van der Waals surface area contributed by atoms with Gasteiger partial charge in [-0.3, -0.25) is 9.69 Å². The number of halogens is 1. The van der Waals surface area contributed by atoms with E-state index in [1.165, 1.54) is 7.11 Å². The van der Waals surface area contributed by atoms with Crippen molar-refractivity contribution in [1.29, 1.82) is 5.26 Å². The molecular formula is C17H22ClN5O2. The second-order valence-corrected chi connectivity index (χ2v) is 6.06. The molecule has 0 radical (unpaired) electrons. The maximum Gasteiger partial charge on any atom is 0.267 e. The van der Waals surface area contributed by atoms with E-state index in [2.05, 4.69) is 10.2 Å². The molecule has 1 aromatic carbocycles. The van der Waals surface area contributed by atoms with E-state index in [0.29, 0.717) is 23.0 Å². The van der Waals surface area contributed by atoms with E-state index in [0.717, 1.165) is 32.7 Å². The van der Waals surface area contributed by atoms with Crippen molar-refractivity contribution in [3.63, 3.8) is 0 Å². The summed E-state index contributed by atoms with van der Waals surface area (Å²) in [5.41, 5.74) is 6.02. The Hall–Kier alpha value is -2.27. The second-order valence-electron chi connectivity index (χ2n) is 5.62. The lowest BCUT2D eigenvalue weighted by Gasteiger charge is -2.33. The fourth-order valence-electron chi connectivity index (χ4n) is 2.59. The van der Waals surface area contributed by atoms with Gasteiger partial charge in [0.2, 0.25) is 0 Å². The summed E-state index contributed by atoms with van der Waals surface area (Å²) in [6.07, 6.45) is 1.60. The van der Waals surface area contributed by atoms with E-state index >= 15 is 0 Å². The molecule has 0 spiro atoms. The molecule has 3 N–H and O–H groups in total. The van der Waals surface area contributed by atoms with Gasteiger partial charge in [0.25, 0.3) is 5.91 Å². The number of nitrogens with zero attached hydrogens (tertiary/aromatic N) is 3. The van der Waals surface area contributed by atoms with E-state index in [9.17, 15) is 10.1 Å². The Labute approximate surface area is 152 Å². The molecule has 25 heavy (non-hydrogen) atoms. The van der Waals surface area contributed by atoms with Crippen LogP contribution in [0.3, 0.4) is 0 Å². The zero-order valence-corrected chi connectivity index (χ0v) is 14.9. The molecule has 1 aliphatic heterocycles. The van der Waals surface area contributed by atoms with Crippen molar-refractivity contribution < 1.29 is 9.53 Å². The van der Waals surface area contributed by atoms with E-state index in [1.54, 1.807) is 24.4 Å². The molecule has 1 heterocycles. The van der Waals surface area contributed by atoms with Crippen LogP contribution in [-0.2, 0) is 4.79 Å². The Kier molecular flexibility index (Phi) is 7.07. The third-order valence-corrected chi connectivity index (χ3v) is 4.17. The topological polar surface area (TPSA) is 94.6 Å². The molecule has 2 rings (SSSR count). The number of nitrogens with two attached hydrogens (primary N) is 1. The van der Waals surface area contributed by atoms with Gasteiger partial charge in [-0.25, -0.2) is 0 Å². The zero-order valence-electron chi connectivity index (χ0n) is 14.2. The number of amides is 1. The van der Waals surface area contributed by atoms with Crippen LogP contribution >= 0.6 is 11.6 Å². The summed E-state index contributed by atoms with van der Waals surface area (Å²) in [5, 5.41) is 12.5. The molecule has 134 valence electrons. The number of hydrogen-bond acceptors (Lipinski definition) is 6. The van der Waals surface area contributed by atoms with Crippen LogP contribution in [0.1, 0.15) is 0 Å². The van der Waals surface area contributed by atoms with Gasteiger partial charge in [-0.05, 0) is 18.2 Å². The van der Waals surface area contributed by atoms with Crippen molar-refractivity contribution in [2.45, 2.75) is 0 Å². The van der Waals surface area contributed by atoms with Crippen molar-refractivity contribution in [1.82, 2.24) is 9.80 Å². The minimum atomic E-state index is -0.493. The highest BCUT2D eigenvalue weighted by Gasteiger charge is 2.18. The highest BCUT2D eigenvalue weighted by Crippen LogP contribution is 2.28. The van der Waals surface area contributed by atoms with Crippen LogP contribution in [0.5, 0.6) is 5.75 Å². The van der Waals surface area contributed by atoms with Crippen LogP contribution in [0.15, 0.2) is 30.0 Å². The second kappa shape index (κ2) is 9.28. The number of carbonyl (C=O) groups is 1. The molecule has 8 heteroatoms. The Balaban J connectivity index is 2.04. The molecule has 0 bridgehead atoms. The summed E-state index contributed by atoms with van der Waals surface area (Å²) >= 11 is 5.96. The minimum Gasteiger partial charge on any atom is -0.495 e. The van der Waals surface area contributed by atoms with Crippen LogP contribution in [0.4, 0.5) is 5.69 Å². The highest BCUT2D eigenvalue weighted by atomic mass is 35.5. The Morgan fingerprint density at radius 1 is 1.44 bits per heavy atom. The lowest BCUT2D eigenvalue weighted by molar-refractivity contribution is -0.112. The molecular weight excluding hydrogens is 342 g/mol. The molecule has 0 aliphatic carbocycles. The molecule has 1 fully saturated rings. The SMILES string of the molecule is COc1ccc(Cl)cc1NC(=O)/C(C#N)=C\N1CCN(CCN)CC1. The van der Waals surface area contributed by atoms with Gasteiger partial charge in [0.05, 0.1) is 12.8 Å². The highest BCUT2D eigenvalue weighted by molar-refractivity contribution is 6.31. The normalized spacial score (nSPS) is 15.6. The minimum absolute atomic E-state index is 0.0364. The number of anilines is 1. The monoisotopic (exact) mass is 363 g/mol. The van der Waals surface area contributed by atoms with E-state index < -0.39 is 5.91 Å². The Morgan fingerprint density at radius 3 is 2.76 bits per heavy atom. The Bertz CT molecular complexity index is 678. The third-order valence-electron chi connectivity index (χ3n) is 3.94. The molecule has 0 aromatic heterocycles. The number of rotatable bonds is 6. The van der Waals surface area contributed by atoms with Gasteiger partial charge < -0.3 is 20.7 Å². The van der Waals surface area contributed by atoms with Crippen LogP contribution in [0.25, 0.3) is 0 Å². The first-order valence-corrected chi connectivity index (χ1v) is 8.38. The summed E-state index contributed by atoms with van der Waals surface area (Å²) in [4.78, 5) is 16.6. The van der Waals surface area contributed by atoms with Gasteiger partial charge in [0.15, 0.2) is 0 Å². The van der Waals surface area contributed by atoms with Crippen molar-refractivity contribution in [2.24, 2.45) is 5.73 Å². The molecule has 7 nitrogen and oxygen atoms in total. The summed E-state index contributed by atoms with van der Waals surface area (Å²) < 4.78 is 5.20. The fraction of sp³-hybridized carbons (Fsp3) is 0.412. The molecule has 0 atom stereocenters. The first kappa shape index (κ1) is 19.1. The number of carbonyl (C=O) groups excluding carboxylic acids is 1. The number of nitriles is 1. The lowest BCUT2D eigenvalue weighted by atomic mass is 10.2. The standard InChI is InChI=1S/C17H22ClN5O2/c1-25-16-3-2-14(18)10-15(16)21-17(24)13(11-20)12-23-8-6-22(5-4-19)7-9-23/h2-3,10,12H,4-9,19H2,1H3,(H,21,24)/b13-12-. The first-order valence-electron chi connectivity index (χ1n) is 8.00. The van der Waals surface area contributed by atoms with Crippen LogP contribution < -0.4 is 15.8 Å². The van der Waals surface area contributed by atoms with E-state index in [4.69, 9.17) is 22.1 Å². The third kappa shape index (κ3) is 5.36. The number of methoxy groups -OCH3 is 1. The maximum atomic E-state index is 12.4. The van der Waals surface area contributed by atoms with Crippen LogP contribution in [0, 0.1) is 11.3 Å². The van der Waals surface area contributed by atoms with Gasteiger partial charge in [-0.15, -0.1) is 0 Å².